The van der Waals surface area contributed by atoms with Crippen LogP contribution in [0.15, 0.2) is 35.7 Å². The molecule has 0 saturated heterocycles. The standard InChI is InChI=1S/C14H18N2S/c1-14(2,15)9-13-16-12(10-17-13)8-11-6-4-3-5-7-11/h3-7,10H,8-9,15H2,1-2H3. The van der Waals surface area contributed by atoms with Crippen molar-refractivity contribution in [3.05, 3.63) is 52.0 Å². The number of hydrogen-bond donors (Lipinski definition) is 1. The van der Waals surface area contributed by atoms with Crippen molar-refractivity contribution in [1.82, 2.24) is 4.98 Å². The molecule has 0 bridgehead atoms. The third-order valence-electron chi connectivity index (χ3n) is 2.43. The number of nitrogens with two attached hydrogens (primary N) is 1. The molecule has 0 saturated carbocycles. The van der Waals surface area contributed by atoms with E-state index in [-0.39, 0.29) is 5.54 Å². The van der Waals surface area contributed by atoms with Gasteiger partial charge in [0.2, 0.25) is 0 Å². The van der Waals surface area contributed by atoms with E-state index in [4.69, 9.17) is 5.73 Å². The largest absolute Gasteiger partial charge is 0.325 e. The number of benzene rings is 1. The fraction of sp³-hybridized carbons (Fsp3) is 0.357. The third-order valence-corrected chi connectivity index (χ3v) is 3.33. The Morgan fingerprint density at radius 3 is 2.59 bits per heavy atom. The van der Waals surface area contributed by atoms with Crippen molar-refractivity contribution >= 4 is 11.3 Å². The van der Waals surface area contributed by atoms with E-state index >= 15 is 0 Å². The highest BCUT2D eigenvalue weighted by Crippen LogP contribution is 2.17. The van der Waals surface area contributed by atoms with E-state index in [0.717, 1.165) is 23.5 Å². The van der Waals surface area contributed by atoms with Crippen molar-refractivity contribution in [3.8, 4) is 0 Å². The van der Waals surface area contributed by atoms with Crippen LogP contribution in [0, 0.1) is 0 Å². The van der Waals surface area contributed by atoms with Crippen LogP contribution < -0.4 is 5.73 Å². The number of nitrogens with zero attached hydrogens (tertiary/aromatic N) is 1. The molecular weight excluding hydrogens is 228 g/mol. The number of rotatable bonds is 4. The van der Waals surface area contributed by atoms with Crippen LogP contribution in [-0.4, -0.2) is 10.5 Å². The van der Waals surface area contributed by atoms with Gasteiger partial charge < -0.3 is 5.73 Å². The fourth-order valence-corrected chi connectivity index (χ4v) is 2.74. The van der Waals surface area contributed by atoms with Crippen LogP contribution in [0.5, 0.6) is 0 Å². The normalized spacial score (nSPS) is 11.7. The van der Waals surface area contributed by atoms with Crippen molar-refractivity contribution in [2.75, 3.05) is 0 Å². The van der Waals surface area contributed by atoms with Crippen LogP contribution >= 0.6 is 11.3 Å². The summed E-state index contributed by atoms with van der Waals surface area (Å²) in [5, 5.41) is 3.26. The average Bonchev–Trinajstić information content (AvgIpc) is 2.64. The van der Waals surface area contributed by atoms with Crippen molar-refractivity contribution in [2.24, 2.45) is 5.73 Å². The van der Waals surface area contributed by atoms with Crippen LogP contribution in [0.4, 0.5) is 0 Å². The maximum absolute atomic E-state index is 6.00. The zero-order valence-electron chi connectivity index (χ0n) is 10.3. The Kier molecular flexibility index (Phi) is 3.60. The molecular formula is C14H18N2S. The van der Waals surface area contributed by atoms with E-state index < -0.39 is 0 Å². The summed E-state index contributed by atoms with van der Waals surface area (Å²) in [6, 6.07) is 10.4. The third kappa shape index (κ3) is 3.95. The Bertz CT molecular complexity index is 468. The van der Waals surface area contributed by atoms with Crippen LogP contribution in [0.1, 0.15) is 30.1 Å². The van der Waals surface area contributed by atoms with E-state index in [2.05, 4.69) is 34.6 Å². The van der Waals surface area contributed by atoms with E-state index in [1.165, 1.54) is 5.56 Å². The van der Waals surface area contributed by atoms with Gasteiger partial charge in [-0.25, -0.2) is 4.98 Å². The molecule has 0 aliphatic carbocycles. The van der Waals surface area contributed by atoms with Gasteiger partial charge in [0.15, 0.2) is 0 Å². The predicted octanol–water partition coefficient (Wildman–Crippen LogP) is 3.01. The van der Waals surface area contributed by atoms with Gasteiger partial charge in [0, 0.05) is 23.8 Å². The number of hydrogen-bond acceptors (Lipinski definition) is 3. The molecule has 0 atom stereocenters. The Morgan fingerprint density at radius 1 is 1.24 bits per heavy atom. The molecule has 3 heteroatoms. The molecule has 0 radical (unpaired) electrons. The SMILES string of the molecule is CC(C)(N)Cc1nc(Cc2ccccc2)cs1. The summed E-state index contributed by atoms with van der Waals surface area (Å²) in [7, 11) is 0. The molecule has 2 N–H and O–H groups in total. The van der Waals surface area contributed by atoms with E-state index in [1.807, 2.05) is 19.9 Å². The maximum atomic E-state index is 6.00. The second kappa shape index (κ2) is 4.98. The second-order valence-electron chi connectivity index (χ2n) is 5.06. The summed E-state index contributed by atoms with van der Waals surface area (Å²) < 4.78 is 0. The highest BCUT2D eigenvalue weighted by molar-refractivity contribution is 7.09. The molecule has 17 heavy (non-hydrogen) atoms. The first kappa shape index (κ1) is 12.3. The highest BCUT2D eigenvalue weighted by Gasteiger charge is 2.14. The highest BCUT2D eigenvalue weighted by atomic mass is 32.1. The number of thiazole rings is 1. The molecule has 0 fully saturated rings. The van der Waals surface area contributed by atoms with Crippen LogP contribution in [0.2, 0.25) is 0 Å². The lowest BCUT2D eigenvalue weighted by molar-refractivity contribution is 0.515. The van der Waals surface area contributed by atoms with Gasteiger partial charge in [-0.15, -0.1) is 11.3 Å². The molecule has 0 spiro atoms. The first-order chi connectivity index (χ1) is 8.03. The molecule has 90 valence electrons. The van der Waals surface area contributed by atoms with Gasteiger partial charge in [-0.05, 0) is 19.4 Å². The summed E-state index contributed by atoms with van der Waals surface area (Å²) in [6.45, 7) is 4.07. The quantitative estimate of drug-likeness (QED) is 0.900. The summed E-state index contributed by atoms with van der Waals surface area (Å²) in [5.41, 5.74) is 8.26. The Balaban J connectivity index is 2.04. The molecule has 0 aliphatic heterocycles. The van der Waals surface area contributed by atoms with Gasteiger partial charge in [0.05, 0.1) is 10.7 Å². The maximum Gasteiger partial charge on any atom is 0.0946 e. The summed E-state index contributed by atoms with van der Waals surface area (Å²) in [4.78, 5) is 4.63. The van der Waals surface area contributed by atoms with Gasteiger partial charge in [0.25, 0.3) is 0 Å². The summed E-state index contributed by atoms with van der Waals surface area (Å²) in [6.07, 6.45) is 1.74. The molecule has 2 rings (SSSR count). The Hall–Kier alpha value is -1.19. The lowest BCUT2D eigenvalue weighted by Gasteiger charge is -2.15. The van der Waals surface area contributed by atoms with Crippen LogP contribution in [-0.2, 0) is 12.8 Å². The zero-order valence-corrected chi connectivity index (χ0v) is 11.1. The van der Waals surface area contributed by atoms with Crippen molar-refractivity contribution in [1.29, 1.82) is 0 Å². The first-order valence-corrected chi connectivity index (χ1v) is 6.67. The Labute approximate surface area is 107 Å². The summed E-state index contributed by atoms with van der Waals surface area (Å²) in [5.74, 6) is 0. The first-order valence-electron chi connectivity index (χ1n) is 5.79. The van der Waals surface area contributed by atoms with Crippen molar-refractivity contribution in [2.45, 2.75) is 32.2 Å². The van der Waals surface area contributed by atoms with Gasteiger partial charge in [0.1, 0.15) is 0 Å². The van der Waals surface area contributed by atoms with Crippen LogP contribution in [0.25, 0.3) is 0 Å². The lowest BCUT2D eigenvalue weighted by atomic mass is 10.0. The number of aromatic nitrogens is 1. The van der Waals surface area contributed by atoms with E-state index in [1.54, 1.807) is 11.3 Å². The molecule has 0 unspecified atom stereocenters. The van der Waals surface area contributed by atoms with Gasteiger partial charge >= 0.3 is 0 Å². The van der Waals surface area contributed by atoms with Crippen molar-refractivity contribution < 1.29 is 0 Å². The summed E-state index contributed by atoms with van der Waals surface area (Å²) >= 11 is 1.70. The predicted molar refractivity (Wildman–Crippen MR) is 73.3 cm³/mol. The minimum Gasteiger partial charge on any atom is -0.325 e. The molecule has 1 heterocycles. The van der Waals surface area contributed by atoms with Gasteiger partial charge in [-0.1, -0.05) is 30.3 Å². The zero-order chi connectivity index (χ0) is 12.3. The average molecular weight is 246 g/mol. The molecule has 0 aliphatic rings. The van der Waals surface area contributed by atoms with Crippen LogP contribution in [0.3, 0.4) is 0 Å². The fourth-order valence-electron chi connectivity index (χ4n) is 1.71. The molecule has 1 aromatic heterocycles. The minimum absolute atomic E-state index is 0.179. The van der Waals surface area contributed by atoms with E-state index in [0.29, 0.717) is 0 Å². The topological polar surface area (TPSA) is 38.9 Å². The van der Waals surface area contributed by atoms with Gasteiger partial charge in [-0.2, -0.15) is 0 Å². The van der Waals surface area contributed by atoms with Gasteiger partial charge in [-0.3, -0.25) is 0 Å². The molecule has 2 aromatic rings. The second-order valence-corrected chi connectivity index (χ2v) is 6.00. The Morgan fingerprint density at radius 2 is 1.94 bits per heavy atom. The smallest absolute Gasteiger partial charge is 0.0946 e. The monoisotopic (exact) mass is 246 g/mol. The molecule has 0 amide bonds. The minimum atomic E-state index is -0.179. The van der Waals surface area contributed by atoms with E-state index in [9.17, 15) is 0 Å². The lowest BCUT2D eigenvalue weighted by Crippen LogP contribution is -2.34. The molecule has 1 aromatic carbocycles. The van der Waals surface area contributed by atoms with Crippen molar-refractivity contribution in [3.63, 3.8) is 0 Å². The molecule has 2 nitrogen and oxygen atoms in total.